The summed E-state index contributed by atoms with van der Waals surface area (Å²) in [5, 5.41) is 16.0. The Balaban J connectivity index is 2.40. The molecule has 0 saturated carbocycles. The molecule has 2 aromatic carbocycles. The zero-order chi connectivity index (χ0) is 16.1. The maximum Gasteiger partial charge on any atom is 0.345 e. The zero-order valence-corrected chi connectivity index (χ0v) is 11.9. The minimum atomic E-state index is -1.46. The van der Waals surface area contributed by atoms with Gasteiger partial charge >= 0.3 is 5.97 Å². The van der Waals surface area contributed by atoms with Crippen LogP contribution < -0.4 is 5.73 Å². The zero-order valence-electron chi connectivity index (χ0n) is 11.9. The van der Waals surface area contributed by atoms with Crippen molar-refractivity contribution in [1.82, 2.24) is 0 Å². The molecule has 0 aromatic heterocycles. The first kappa shape index (κ1) is 15.5. The van der Waals surface area contributed by atoms with E-state index in [1.165, 1.54) is 0 Å². The first-order valence-corrected chi connectivity index (χ1v) is 6.58. The molecular weight excluding hydrogens is 282 g/mol. The lowest BCUT2D eigenvalue weighted by molar-refractivity contribution is -0.138. The molecule has 0 fully saturated rings. The highest BCUT2D eigenvalue weighted by molar-refractivity contribution is 6.12. The Hall–Kier alpha value is -2.86. The van der Waals surface area contributed by atoms with E-state index in [-0.39, 0.29) is 11.5 Å². The van der Waals surface area contributed by atoms with Crippen molar-refractivity contribution in [2.75, 3.05) is 0 Å². The maximum atomic E-state index is 12.5. The van der Waals surface area contributed by atoms with Crippen molar-refractivity contribution in [3.8, 4) is 0 Å². The predicted octanol–water partition coefficient (Wildman–Crippen LogP) is 2.68. The van der Waals surface area contributed by atoms with Crippen LogP contribution in [0, 0.1) is 6.92 Å². The number of hydrogen-bond acceptors (Lipinski definition) is 5. The summed E-state index contributed by atoms with van der Waals surface area (Å²) in [6.07, 6.45) is -1.46. The van der Waals surface area contributed by atoms with E-state index in [1.54, 1.807) is 42.5 Å². The molecule has 0 spiro atoms. The Kier molecular flexibility index (Phi) is 4.75. The first-order valence-electron chi connectivity index (χ1n) is 6.58. The van der Waals surface area contributed by atoms with Crippen LogP contribution >= 0.6 is 0 Å². The number of hydrogen-bond donors (Lipinski definition) is 2. The molecule has 6 heteroatoms. The second-order valence-electron chi connectivity index (χ2n) is 4.71. The Morgan fingerprint density at radius 3 is 2.45 bits per heavy atom. The molecule has 1 unspecified atom stereocenters. The average molecular weight is 297 g/mol. The summed E-state index contributed by atoms with van der Waals surface area (Å²) < 4.78 is 0. The van der Waals surface area contributed by atoms with E-state index in [0.717, 1.165) is 5.56 Å². The van der Waals surface area contributed by atoms with Gasteiger partial charge in [-0.3, -0.25) is 10.5 Å². The number of aliphatic carboxylic acids is 1. The van der Waals surface area contributed by atoms with Crippen molar-refractivity contribution in [2.45, 2.75) is 13.1 Å². The van der Waals surface area contributed by atoms with Gasteiger partial charge in [0.2, 0.25) is 6.17 Å². The van der Waals surface area contributed by atoms with Gasteiger partial charge in [0.25, 0.3) is 0 Å². The number of nitrogens with zero attached hydrogens (tertiary/aromatic N) is 2. The summed E-state index contributed by atoms with van der Waals surface area (Å²) in [7, 11) is 0. The number of benzene rings is 2. The lowest BCUT2D eigenvalue weighted by atomic mass is 10.00. The third-order valence-corrected chi connectivity index (χ3v) is 2.98. The van der Waals surface area contributed by atoms with Gasteiger partial charge < -0.3 is 5.11 Å². The minimum Gasteiger partial charge on any atom is -0.479 e. The largest absolute Gasteiger partial charge is 0.479 e. The number of carboxylic acids is 1. The summed E-state index contributed by atoms with van der Waals surface area (Å²) >= 11 is 0. The Bertz CT molecular complexity index is 727. The molecule has 0 radical (unpaired) electrons. The van der Waals surface area contributed by atoms with Gasteiger partial charge in [-0.25, -0.2) is 4.79 Å². The fourth-order valence-electron chi connectivity index (χ4n) is 1.84. The van der Waals surface area contributed by atoms with Crippen LogP contribution in [0.15, 0.2) is 58.8 Å². The highest BCUT2D eigenvalue weighted by atomic mass is 16.4. The lowest BCUT2D eigenvalue weighted by Crippen LogP contribution is -2.27. The van der Waals surface area contributed by atoms with Crippen LogP contribution in [0.3, 0.4) is 0 Å². The second-order valence-corrected chi connectivity index (χ2v) is 4.71. The number of carbonyl (C=O) groups is 2. The molecule has 2 rings (SSSR count). The normalized spacial score (nSPS) is 12.3. The van der Waals surface area contributed by atoms with Gasteiger partial charge in [-0.15, -0.1) is 0 Å². The summed E-state index contributed by atoms with van der Waals surface area (Å²) in [4.78, 5) is 23.2. The smallest absolute Gasteiger partial charge is 0.345 e. The number of carboxylic acid groups (broad SMARTS) is 1. The van der Waals surface area contributed by atoms with E-state index in [2.05, 4.69) is 10.2 Å². The number of azo groups is 1. The molecule has 0 saturated heterocycles. The number of rotatable bonds is 5. The Labute approximate surface area is 127 Å². The van der Waals surface area contributed by atoms with Crippen LogP contribution in [0.4, 0.5) is 5.69 Å². The summed E-state index contributed by atoms with van der Waals surface area (Å²) in [5.41, 5.74) is 7.34. The van der Waals surface area contributed by atoms with Crippen LogP contribution in [0.2, 0.25) is 0 Å². The molecule has 0 aliphatic heterocycles. The second kappa shape index (κ2) is 6.73. The van der Waals surface area contributed by atoms with Crippen molar-refractivity contribution in [3.63, 3.8) is 0 Å². The predicted molar refractivity (Wildman–Crippen MR) is 81.2 cm³/mol. The summed E-state index contributed by atoms with van der Waals surface area (Å²) in [6, 6.07) is 13.8. The van der Waals surface area contributed by atoms with Gasteiger partial charge in [-0.1, -0.05) is 42.0 Å². The van der Waals surface area contributed by atoms with E-state index in [9.17, 15) is 9.59 Å². The quantitative estimate of drug-likeness (QED) is 0.653. The van der Waals surface area contributed by atoms with Crippen LogP contribution in [0.1, 0.15) is 21.5 Å². The fraction of sp³-hybridized carbons (Fsp3) is 0.125. The van der Waals surface area contributed by atoms with Gasteiger partial charge in [0.1, 0.15) is 0 Å². The van der Waals surface area contributed by atoms with Crippen molar-refractivity contribution in [1.29, 1.82) is 0 Å². The number of ketones is 1. The van der Waals surface area contributed by atoms with Crippen molar-refractivity contribution >= 4 is 17.4 Å². The van der Waals surface area contributed by atoms with Gasteiger partial charge in [0.15, 0.2) is 5.78 Å². The van der Waals surface area contributed by atoms with Crippen molar-refractivity contribution in [2.24, 2.45) is 16.0 Å². The maximum absolute atomic E-state index is 12.5. The Morgan fingerprint density at radius 2 is 1.82 bits per heavy atom. The van der Waals surface area contributed by atoms with Crippen LogP contribution in [0.25, 0.3) is 0 Å². The molecule has 22 heavy (non-hydrogen) atoms. The molecule has 1 atom stereocenters. The highest BCUT2D eigenvalue weighted by Gasteiger charge is 2.15. The standard InChI is InChI=1S/C16H15N3O3/c1-10-7-8-13(18-19-15(17)16(21)22)12(9-10)14(20)11-5-3-2-4-6-11/h2-9,15H,17H2,1H3,(H,21,22). The molecule has 3 N–H and O–H groups in total. The van der Waals surface area contributed by atoms with E-state index in [4.69, 9.17) is 10.8 Å². The van der Waals surface area contributed by atoms with Crippen LogP contribution in [-0.4, -0.2) is 23.0 Å². The third kappa shape index (κ3) is 3.62. The molecule has 0 aliphatic rings. The first-order chi connectivity index (χ1) is 10.5. The monoisotopic (exact) mass is 297 g/mol. The summed E-state index contributed by atoms with van der Waals surface area (Å²) in [6.45, 7) is 1.85. The minimum absolute atomic E-state index is 0.206. The molecule has 0 aliphatic carbocycles. The van der Waals surface area contributed by atoms with Gasteiger partial charge in [-0.2, -0.15) is 10.2 Å². The van der Waals surface area contributed by atoms with Crippen molar-refractivity contribution in [3.05, 3.63) is 65.2 Å². The van der Waals surface area contributed by atoms with Crippen LogP contribution in [-0.2, 0) is 4.79 Å². The lowest BCUT2D eigenvalue weighted by Gasteiger charge is -2.06. The van der Waals surface area contributed by atoms with Gasteiger partial charge in [0, 0.05) is 5.56 Å². The molecular formula is C16H15N3O3. The van der Waals surface area contributed by atoms with E-state index < -0.39 is 12.1 Å². The number of nitrogens with two attached hydrogens (primary N) is 1. The van der Waals surface area contributed by atoms with Gasteiger partial charge in [0.05, 0.1) is 11.3 Å². The van der Waals surface area contributed by atoms with Crippen LogP contribution in [0.5, 0.6) is 0 Å². The SMILES string of the molecule is Cc1ccc(N=NC(N)C(=O)O)c(C(=O)c2ccccc2)c1. The molecule has 6 nitrogen and oxygen atoms in total. The van der Waals surface area contributed by atoms with E-state index >= 15 is 0 Å². The molecule has 0 amide bonds. The van der Waals surface area contributed by atoms with E-state index in [1.807, 2.05) is 13.0 Å². The van der Waals surface area contributed by atoms with Crippen molar-refractivity contribution < 1.29 is 14.7 Å². The van der Waals surface area contributed by atoms with Gasteiger partial charge in [-0.05, 0) is 19.1 Å². The summed E-state index contributed by atoms with van der Waals surface area (Å²) in [5.74, 6) is -1.49. The number of carbonyl (C=O) groups excluding carboxylic acids is 1. The third-order valence-electron chi connectivity index (χ3n) is 2.98. The average Bonchev–Trinajstić information content (AvgIpc) is 2.53. The molecule has 0 heterocycles. The number of aryl methyl sites for hydroxylation is 1. The topological polar surface area (TPSA) is 105 Å². The molecule has 2 aromatic rings. The fourth-order valence-corrected chi connectivity index (χ4v) is 1.84. The Morgan fingerprint density at radius 1 is 1.14 bits per heavy atom. The molecule has 112 valence electrons. The highest BCUT2D eigenvalue weighted by Crippen LogP contribution is 2.24. The van der Waals surface area contributed by atoms with E-state index in [0.29, 0.717) is 11.1 Å². The molecule has 0 bridgehead atoms.